The normalized spacial score (nSPS) is 24.0. The second kappa shape index (κ2) is 6.29. The number of benzene rings is 2. The van der Waals surface area contributed by atoms with E-state index in [1.807, 2.05) is 0 Å². The molecule has 0 N–H and O–H groups in total. The molecule has 1 heterocycles. The maximum atomic E-state index is 2.49. The molecule has 0 bridgehead atoms. The summed E-state index contributed by atoms with van der Waals surface area (Å²) >= 11 is 0. The Kier molecular flexibility index (Phi) is 3.91. The molecule has 0 fully saturated rings. The molecule has 128 valence electrons. The largest absolute Gasteiger partial charge is 0.170 e. The molecule has 0 nitrogen and oxygen atoms in total. The van der Waals surface area contributed by atoms with Gasteiger partial charge in [-0.3, -0.25) is 0 Å². The highest BCUT2D eigenvalue weighted by molar-refractivity contribution is 8.25. The molecule has 2 unspecified atom stereocenters. The van der Waals surface area contributed by atoms with Crippen LogP contribution in [0.25, 0.3) is 10.8 Å². The summed E-state index contributed by atoms with van der Waals surface area (Å²) in [5, 5.41) is 3.23. The first-order valence-corrected chi connectivity index (χ1v) is 13.7. The van der Waals surface area contributed by atoms with Crippen LogP contribution in [0.5, 0.6) is 0 Å². The van der Waals surface area contributed by atoms with Crippen molar-refractivity contribution < 1.29 is 0 Å². The monoisotopic (exact) mass is 370 g/mol. The summed E-state index contributed by atoms with van der Waals surface area (Å²) in [7, 11) is -0.128. The smallest absolute Gasteiger partial charge is 0.0463 e. The number of rotatable bonds is 2. The summed E-state index contributed by atoms with van der Waals surface area (Å²) in [5.74, 6) is 0.450. The number of hydrogen-bond acceptors (Lipinski definition) is 0. The van der Waals surface area contributed by atoms with E-state index < -0.39 is 7.50 Å². The summed E-state index contributed by atoms with van der Waals surface area (Å²) in [6.45, 7) is 4.98. The summed E-state index contributed by atoms with van der Waals surface area (Å²) in [5.41, 5.74) is 4.65. The highest BCUT2D eigenvalue weighted by Crippen LogP contribution is 2.61. The van der Waals surface area contributed by atoms with Crippen molar-refractivity contribution in [3.05, 3.63) is 107 Å². The molecule has 3 aliphatic rings. The zero-order valence-corrected chi connectivity index (χ0v) is 17.0. The number of fused-ring (bicyclic) bond motifs is 2. The van der Waals surface area contributed by atoms with Gasteiger partial charge in [-0.2, -0.15) is 9.89 Å². The third-order valence-corrected chi connectivity index (χ3v) is 12.2. The fourth-order valence-corrected chi connectivity index (χ4v) is 11.2. The topological polar surface area (TPSA) is 0 Å². The van der Waals surface area contributed by atoms with Crippen molar-refractivity contribution in [3.63, 3.8) is 0 Å². The Morgan fingerprint density at radius 3 is 2.42 bits per heavy atom. The van der Waals surface area contributed by atoms with E-state index in [9.17, 15) is 0 Å². The van der Waals surface area contributed by atoms with Crippen LogP contribution in [0.4, 0.5) is 0 Å². The average Bonchev–Trinajstić information content (AvgIpc) is 3.37. The summed E-state index contributed by atoms with van der Waals surface area (Å²) in [4.78, 5) is 1.62. The van der Waals surface area contributed by atoms with Gasteiger partial charge in [0.05, 0.1) is 0 Å². The first-order chi connectivity index (χ1) is 12.7. The first-order valence-electron chi connectivity index (χ1n) is 9.24. The van der Waals surface area contributed by atoms with Crippen LogP contribution in [0.15, 0.2) is 101 Å². The summed E-state index contributed by atoms with van der Waals surface area (Å²) < 4.78 is 0. The molecule has 0 aromatic heterocycles. The van der Waals surface area contributed by atoms with Crippen LogP contribution in [0.2, 0.25) is 13.1 Å². The van der Waals surface area contributed by atoms with E-state index in [1.54, 1.807) is 10.5 Å². The molecule has 2 heteroatoms. The molecule has 26 heavy (non-hydrogen) atoms. The van der Waals surface area contributed by atoms with Gasteiger partial charge in [-0.1, -0.05) is 85.9 Å². The molecule has 0 amide bonds. The van der Waals surface area contributed by atoms with E-state index in [0.717, 1.165) is 0 Å². The SMILES string of the molecule is C[Si](C)=S1C2=CC=CC2=C(C2C=CC=C2)C1c1ccc2ccccc2c1. The second-order valence-corrected chi connectivity index (χ2v) is 14.5. The third kappa shape index (κ3) is 2.44. The van der Waals surface area contributed by atoms with Crippen molar-refractivity contribution in [1.82, 2.24) is 0 Å². The van der Waals surface area contributed by atoms with E-state index in [0.29, 0.717) is 21.1 Å². The molecule has 0 spiro atoms. The Labute approximate surface area is 159 Å². The number of hydrogen-bond donors (Lipinski definition) is 0. The maximum Gasteiger partial charge on any atom is 0.0463 e. The van der Waals surface area contributed by atoms with Gasteiger partial charge >= 0.3 is 0 Å². The van der Waals surface area contributed by atoms with Gasteiger partial charge in [0.25, 0.3) is 0 Å². The van der Waals surface area contributed by atoms with Crippen molar-refractivity contribution in [1.29, 1.82) is 0 Å². The Morgan fingerprint density at radius 2 is 1.65 bits per heavy atom. The van der Waals surface area contributed by atoms with Gasteiger partial charge < -0.3 is 0 Å². The Balaban J connectivity index is 1.75. The maximum absolute atomic E-state index is 2.49. The van der Waals surface area contributed by atoms with Crippen LogP contribution >= 0.6 is 9.89 Å². The van der Waals surface area contributed by atoms with E-state index in [2.05, 4.69) is 98.1 Å². The van der Waals surface area contributed by atoms with Crippen molar-refractivity contribution >= 4 is 28.2 Å². The quantitative estimate of drug-likeness (QED) is 0.504. The molecule has 0 saturated carbocycles. The fraction of sp³-hybridized carbons (Fsp3) is 0.167. The zero-order chi connectivity index (χ0) is 17.7. The Morgan fingerprint density at radius 1 is 0.885 bits per heavy atom. The number of allylic oxidation sites excluding steroid dienone is 8. The van der Waals surface area contributed by atoms with Crippen molar-refractivity contribution in [2.24, 2.45) is 5.92 Å². The van der Waals surface area contributed by atoms with Crippen LogP contribution in [0, 0.1) is 5.92 Å². The highest BCUT2D eigenvalue weighted by Gasteiger charge is 2.37. The van der Waals surface area contributed by atoms with Crippen LogP contribution in [0.3, 0.4) is 0 Å². The minimum Gasteiger partial charge on any atom is -0.170 e. The molecule has 2 atom stereocenters. The standard InChI is InChI=1S/C24H22SSi/c1-26(2)25-22-13-7-12-21(22)23(18-9-4-5-10-18)24(25)20-15-14-17-8-3-6-11-19(17)16-20/h3-16,18,24H,1-2H3. The molecule has 2 aromatic rings. The first kappa shape index (κ1) is 16.2. The predicted octanol–water partition coefficient (Wildman–Crippen LogP) is 6.91. The molecule has 2 aliphatic carbocycles. The lowest BCUT2D eigenvalue weighted by Crippen LogP contribution is -2.06. The molecular weight excluding hydrogens is 348 g/mol. The van der Waals surface area contributed by atoms with E-state index >= 15 is 0 Å². The lowest BCUT2D eigenvalue weighted by Gasteiger charge is -2.24. The minimum atomic E-state index is -0.445. The average molecular weight is 371 g/mol. The molecule has 0 radical (unpaired) electrons. The van der Waals surface area contributed by atoms with Gasteiger partial charge in [-0.15, -0.1) is 0 Å². The second-order valence-electron chi connectivity index (χ2n) is 7.29. The molecule has 2 aromatic carbocycles. The summed E-state index contributed by atoms with van der Waals surface area (Å²) in [6.07, 6.45) is 16.1. The van der Waals surface area contributed by atoms with Gasteiger partial charge in [0.2, 0.25) is 0 Å². The van der Waals surface area contributed by atoms with E-state index in [4.69, 9.17) is 0 Å². The van der Waals surface area contributed by atoms with Gasteiger partial charge in [0.15, 0.2) is 0 Å². The van der Waals surface area contributed by atoms with Crippen molar-refractivity contribution in [2.45, 2.75) is 18.3 Å². The van der Waals surface area contributed by atoms with Gasteiger partial charge in [0.1, 0.15) is 0 Å². The zero-order valence-electron chi connectivity index (χ0n) is 15.1. The van der Waals surface area contributed by atoms with Gasteiger partial charge in [-0.05, 0) is 39.6 Å². The Hall–Kier alpha value is -2.03. The van der Waals surface area contributed by atoms with Gasteiger partial charge in [0, 0.05) is 23.6 Å². The van der Waals surface area contributed by atoms with Crippen LogP contribution in [-0.4, -0.2) is 7.50 Å². The van der Waals surface area contributed by atoms with Crippen molar-refractivity contribution in [2.75, 3.05) is 0 Å². The Bertz CT molecular complexity index is 1090. The molecule has 5 rings (SSSR count). The van der Waals surface area contributed by atoms with Gasteiger partial charge in [-0.25, -0.2) is 0 Å². The lowest BCUT2D eigenvalue weighted by atomic mass is 9.89. The predicted molar refractivity (Wildman–Crippen MR) is 118 cm³/mol. The molecule has 1 aliphatic heterocycles. The molecular formula is C24H22SSi. The lowest BCUT2D eigenvalue weighted by molar-refractivity contribution is 0.905. The highest BCUT2D eigenvalue weighted by atomic mass is 32.3. The van der Waals surface area contributed by atoms with E-state index in [-0.39, 0.29) is 0 Å². The fourth-order valence-electron chi connectivity index (χ4n) is 4.36. The van der Waals surface area contributed by atoms with Crippen LogP contribution in [0.1, 0.15) is 10.8 Å². The minimum absolute atomic E-state index is 0.316. The van der Waals surface area contributed by atoms with Crippen LogP contribution in [-0.2, 0) is 0 Å². The molecule has 0 saturated heterocycles. The third-order valence-electron chi connectivity index (χ3n) is 5.47. The van der Waals surface area contributed by atoms with Crippen LogP contribution < -0.4 is 0 Å². The summed E-state index contributed by atoms with van der Waals surface area (Å²) in [6, 6.07) is 15.9. The van der Waals surface area contributed by atoms with E-state index in [1.165, 1.54) is 21.9 Å². The van der Waals surface area contributed by atoms with Crippen molar-refractivity contribution in [3.8, 4) is 0 Å².